The first kappa shape index (κ1) is 15.8. The van der Waals surface area contributed by atoms with Crippen LogP contribution in [0.3, 0.4) is 0 Å². The molecule has 0 spiro atoms. The van der Waals surface area contributed by atoms with E-state index >= 15 is 0 Å². The van der Waals surface area contributed by atoms with E-state index in [1.54, 1.807) is 0 Å². The summed E-state index contributed by atoms with van der Waals surface area (Å²) in [6.07, 6.45) is 1.69. The topological polar surface area (TPSA) is 26.0 Å². The summed E-state index contributed by atoms with van der Waals surface area (Å²) in [5.41, 5.74) is 11.8. The van der Waals surface area contributed by atoms with Gasteiger partial charge in [0.1, 0.15) is 0 Å². The lowest BCUT2D eigenvalue weighted by molar-refractivity contribution is 0.588. The second kappa shape index (κ2) is 6.26. The molecule has 1 rings (SSSR count). The smallest absolute Gasteiger partial charge is 0.0244 e. The standard InChI is InChI=1S/C18H27N/c1-7-8-9-16(19)12-17-13(2)10-15(11-14(17)3)18(4,5)6/h10-11,16H,9,12,19H2,1-6H3. The predicted octanol–water partition coefficient (Wildman–Crippen LogP) is 3.88. The molecule has 1 aromatic rings. The van der Waals surface area contributed by atoms with E-state index in [2.05, 4.69) is 58.6 Å². The van der Waals surface area contributed by atoms with Crippen LogP contribution in [0.1, 0.15) is 56.4 Å². The highest BCUT2D eigenvalue weighted by molar-refractivity contribution is 5.41. The molecule has 0 heterocycles. The number of aryl methyl sites for hydroxylation is 2. The van der Waals surface area contributed by atoms with Gasteiger partial charge in [-0.2, -0.15) is 0 Å². The Balaban J connectivity index is 3.00. The Morgan fingerprint density at radius 2 is 1.68 bits per heavy atom. The Labute approximate surface area is 118 Å². The molecule has 0 aliphatic carbocycles. The summed E-state index contributed by atoms with van der Waals surface area (Å²) in [4.78, 5) is 0. The van der Waals surface area contributed by atoms with Crippen molar-refractivity contribution in [1.29, 1.82) is 0 Å². The maximum Gasteiger partial charge on any atom is 0.0244 e. The number of nitrogens with two attached hydrogens (primary N) is 1. The van der Waals surface area contributed by atoms with Gasteiger partial charge in [0, 0.05) is 12.5 Å². The number of hydrogen-bond acceptors (Lipinski definition) is 1. The monoisotopic (exact) mass is 257 g/mol. The summed E-state index contributed by atoms with van der Waals surface area (Å²) in [5.74, 6) is 5.98. The van der Waals surface area contributed by atoms with Gasteiger partial charge in [-0.1, -0.05) is 32.9 Å². The molecule has 0 aromatic heterocycles. The number of rotatable bonds is 3. The molecule has 0 fully saturated rings. The highest BCUT2D eigenvalue weighted by Crippen LogP contribution is 2.27. The van der Waals surface area contributed by atoms with Gasteiger partial charge < -0.3 is 5.73 Å². The van der Waals surface area contributed by atoms with E-state index in [4.69, 9.17) is 5.73 Å². The van der Waals surface area contributed by atoms with Crippen LogP contribution in [0, 0.1) is 25.7 Å². The molecule has 0 saturated heterocycles. The summed E-state index contributed by atoms with van der Waals surface area (Å²) < 4.78 is 0. The lowest BCUT2D eigenvalue weighted by Crippen LogP contribution is -2.23. The quantitative estimate of drug-likeness (QED) is 0.817. The Morgan fingerprint density at radius 3 is 2.11 bits per heavy atom. The average molecular weight is 257 g/mol. The van der Waals surface area contributed by atoms with Crippen molar-refractivity contribution in [3.63, 3.8) is 0 Å². The molecule has 1 heteroatoms. The van der Waals surface area contributed by atoms with Gasteiger partial charge in [-0.25, -0.2) is 0 Å². The molecular formula is C18H27N. The van der Waals surface area contributed by atoms with Crippen molar-refractivity contribution in [3.8, 4) is 11.8 Å². The van der Waals surface area contributed by atoms with Crippen LogP contribution >= 0.6 is 0 Å². The Bertz CT molecular complexity index is 472. The van der Waals surface area contributed by atoms with Gasteiger partial charge in [-0.3, -0.25) is 0 Å². The lowest BCUT2D eigenvalue weighted by atomic mass is 9.83. The molecule has 0 bridgehead atoms. The fraction of sp³-hybridized carbons (Fsp3) is 0.556. The summed E-state index contributed by atoms with van der Waals surface area (Å²) in [6.45, 7) is 13.0. The van der Waals surface area contributed by atoms with E-state index in [0.717, 1.165) is 12.8 Å². The van der Waals surface area contributed by atoms with Gasteiger partial charge in [0.15, 0.2) is 0 Å². The van der Waals surface area contributed by atoms with Gasteiger partial charge in [-0.15, -0.1) is 11.8 Å². The second-order valence-corrected chi connectivity index (χ2v) is 6.43. The molecule has 0 radical (unpaired) electrons. The third-order valence-electron chi connectivity index (χ3n) is 3.57. The Morgan fingerprint density at radius 1 is 1.16 bits per heavy atom. The minimum absolute atomic E-state index is 0.130. The van der Waals surface area contributed by atoms with Crippen molar-refractivity contribution in [2.45, 2.75) is 65.8 Å². The molecule has 1 atom stereocenters. The van der Waals surface area contributed by atoms with E-state index in [-0.39, 0.29) is 11.5 Å². The normalized spacial score (nSPS) is 12.8. The highest BCUT2D eigenvalue weighted by Gasteiger charge is 2.17. The minimum atomic E-state index is 0.130. The van der Waals surface area contributed by atoms with Gasteiger partial charge in [0.2, 0.25) is 0 Å². The fourth-order valence-electron chi connectivity index (χ4n) is 2.32. The second-order valence-electron chi connectivity index (χ2n) is 6.43. The highest BCUT2D eigenvalue weighted by atomic mass is 14.6. The average Bonchev–Trinajstić information content (AvgIpc) is 2.29. The van der Waals surface area contributed by atoms with Gasteiger partial charge >= 0.3 is 0 Å². The van der Waals surface area contributed by atoms with Gasteiger partial charge in [0.05, 0.1) is 0 Å². The van der Waals surface area contributed by atoms with E-state index in [1.807, 2.05) is 6.92 Å². The molecule has 1 aromatic carbocycles. The molecule has 104 valence electrons. The number of benzene rings is 1. The summed E-state index contributed by atoms with van der Waals surface area (Å²) in [7, 11) is 0. The van der Waals surface area contributed by atoms with E-state index in [9.17, 15) is 0 Å². The van der Waals surface area contributed by atoms with Crippen LogP contribution in [0.15, 0.2) is 12.1 Å². The molecule has 2 N–H and O–H groups in total. The molecular weight excluding hydrogens is 230 g/mol. The predicted molar refractivity (Wildman–Crippen MR) is 84.4 cm³/mol. The van der Waals surface area contributed by atoms with E-state index in [0.29, 0.717) is 0 Å². The van der Waals surface area contributed by atoms with E-state index < -0.39 is 0 Å². The zero-order chi connectivity index (χ0) is 14.6. The Hall–Kier alpha value is -1.26. The van der Waals surface area contributed by atoms with Crippen LogP contribution in [-0.4, -0.2) is 6.04 Å². The summed E-state index contributed by atoms with van der Waals surface area (Å²) in [6, 6.07) is 4.74. The number of hydrogen-bond donors (Lipinski definition) is 1. The maximum atomic E-state index is 6.15. The molecule has 0 amide bonds. The van der Waals surface area contributed by atoms with Crippen molar-refractivity contribution in [2.24, 2.45) is 5.73 Å². The minimum Gasteiger partial charge on any atom is -0.327 e. The van der Waals surface area contributed by atoms with Crippen molar-refractivity contribution in [1.82, 2.24) is 0 Å². The van der Waals surface area contributed by atoms with Gasteiger partial charge in [0.25, 0.3) is 0 Å². The molecule has 19 heavy (non-hydrogen) atoms. The van der Waals surface area contributed by atoms with Crippen molar-refractivity contribution in [2.75, 3.05) is 0 Å². The Kier molecular flexibility index (Phi) is 5.20. The van der Waals surface area contributed by atoms with Crippen LogP contribution in [0.25, 0.3) is 0 Å². The third kappa shape index (κ3) is 4.40. The van der Waals surface area contributed by atoms with Crippen LogP contribution in [0.4, 0.5) is 0 Å². The summed E-state index contributed by atoms with van der Waals surface area (Å²) in [5, 5.41) is 0. The molecule has 1 nitrogen and oxygen atoms in total. The first-order valence-corrected chi connectivity index (χ1v) is 7.01. The lowest BCUT2D eigenvalue weighted by Gasteiger charge is -2.23. The molecule has 0 saturated carbocycles. The van der Waals surface area contributed by atoms with Crippen LogP contribution in [-0.2, 0) is 11.8 Å². The van der Waals surface area contributed by atoms with Crippen LogP contribution in [0.5, 0.6) is 0 Å². The zero-order valence-corrected chi connectivity index (χ0v) is 13.2. The van der Waals surface area contributed by atoms with Crippen molar-refractivity contribution in [3.05, 3.63) is 34.4 Å². The molecule has 1 unspecified atom stereocenters. The summed E-state index contributed by atoms with van der Waals surface area (Å²) >= 11 is 0. The fourth-order valence-corrected chi connectivity index (χ4v) is 2.32. The van der Waals surface area contributed by atoms with Crippen molar-refractivity contribution >= 4 is 0 Å². The zero-order valence-electron chi connectivity index (χ0n) is 13.2. The largest absolute Gasteiger partial charge is 0.327 e. The molecule has 0 aliphatic heterocycles. The first-order chi connectivity index (χ1) is 8.75. The van der Waals surface area contributed by atoms with E-state index in [1.165, 1.54) is 22.3 Å². The van der Waals surface area contributed by atoms with Gasteiger partial charge in [-0.05, 0) is 54.9 Å². The SMILES string of the molecule is CC#CCC(N)Cc1c(C)cc(C(C)(C)C)cc1C. The van der Waals surface area contributed by atoms with Crippen LogP contribution in [0.2, 0.25) is 0 Å². The van der Waals surface area contributed by atoms with Crippen molar-refractivity contribution < 1.29 is 0 Å². The third-order valence-corrected chi connectivity index (χ3v) is 3.57. The molecule has 0 aliphatic rings. The van der Waals surface area contributed by atoms with Crippen LogP contribution < -0.4 is 5.73 Å². The maximum absolute atomic E-state index is 6.15. The first-order valence-electron chi connectivity index (χ1n) is 7.01.